The Morgan fingerprint density at radius 1 is 0.302 bits per heavy atom. The fourth-order valence-electron chi connectivity index (χ4n) is 8.75. The van der Waals surface area contributed by atoms with Gasteiger partial charge in [0.1, 0.15) is 13.2 Å². The van der Waals surface area contributed by atoms with Crippen molar-refractivity contribution >= 4 is 17.9 Å². The van der Waals surface area contributed by atoms with Gasteiger partial charge in [0, 0.05) is 19.3 Å². The molecule has 6 nitrogen and oxygen atoms in total. The molecule has 0 radical (unpaired) electrons. The second-order valence-electron chi connectivity index (χ2n) is 20.1. The first-order valence-electron chi connectivity index (χ1n) is 28.4. The van der Waals surface area contributed by atoms with Gasteiger partial charge in [0.2, 0.25) is 0 Å². The molecule has 0 aromatic rings. The minimum absolute atomic E-state index is 0.0627. The van der Waals surface area contributed by atoms with E-state index in [0.29, 0.717) is 19.3 Å². The van der Waals surface area contributed by atoms with Crippen LogP contribution >= 0.6 is 0 Å². The van der Waals surface area contributed by atoms with Crippen LogP contribution in [0, 0.1) is 5.92 Å². The first-order valence-corrected chi connectivity index (χ1v) is 28.4. The molecule has 63 heavy (non-hydrogen) atoms. The van der Waals surface area contributed by atoms with Crippen LogP contribution in [-0.2, 0) is 28.6 Å². The summed E-state index contributed by atoms with van der Waals surface area (Å²) in [5.74, 6) is -0.0469. The summed E-state index contributed by atoms with van der Waals surface area (Å²) < 4.78 is 16.9. The summed E-state index contributed by atoms with van der Waals surface area (Å²) >= 11 is 0. The van der Waals surface area contributed by atoms with Crippen molar-refractivity contribution in [3.63, 3.8) is 0 Å². The molecule has 0 fully saturated rings. The van der Waals surface area contributed by atoms with Gasteiger partial charge in [-0.3, -0.25) is 14.4 Å². The van der Waals surface area contributed by atoms with Crippen LogP contribution in [0.25, 0.3) is 0 Å². The normalized spacial score (nSPS) is 12.0. The molecule has 0 spiro atoms. The number of carbonyl (C=O) groups is 3. The Hall–Kier alpha value is -1.59. The fourth-order valence-corrected chi connectivity index (χ4v) is 8.75. The zero-order valence-electron chi connectivity index (χ0n) is 43.0. The fraction of sp³-hybridized carbons (Fsp3) is 0.947. The van der Waals surface area contributed by atoms with Gasteiger partial charge in [-0.05, 0) is 25.2 Å². The van der Waals surface area contributed by atoms with Gasteiger partial charge in [0.25, 0.3) is 0 Å². The number of hydrogen-bond acceptors (Lipinski definition) is 6. The zero-order valence-corrected chi connectivity index (χ0v) is 43.0. The zero-order chi connectivity index (χ0) is 45.9. The van der Waals surface area contributed by atoms with Crippen molar-refractivity contribution in [2.75, 3.05) is 13.2 Å². The third-order valence-electron chi connectivity index (χ3n) is 13.0. The van der Waals surface area contributed by atoms with Crippen LogP contribution in [0.4, 0.5) is 0 Å². The minimum atomic E-state index is -0.762. The molecule has 0 heterocycles. The summed E-state index contributed by atoms with van der Waals surface area (Å²) in [7, 11) is 0. The molecule has 374 valence electrons. The van der Waals surface area contributed by atoms with Crippen LogP contribution in [0.1, 0.15) is 323 Å². The number of ether oxygens (including phenoxy) is 3. The van der Waals surface area contributed by atoms with Gasteiger partial charge in [-0.25, -0.2) is 0 Å². The van der Waals surface area contributed by atoms with Crippen molar-refractivity contribution < 1.29 is 28.6 Å². The first kappa shape index (κ1) is 61.4. The van der Waals surface area contributed by atoms with Crippen LogP contribution in [0.15, 0.2) is 0 Å². The smallest absolute Gasteiger partial charge is 0.306 e. The lowest BCUT2D eigenvalue weighted by atomic mass is 10.0. The quantitative estimate of drug-likeness (QED) is 0.0344. The molecule has 0 saturated heterocycles. The molecule has 0 amide bonds. The lowest BCUT2D eigenvalue weighted by Gasteiger charge is -2.18. The summed E-state index contributed by atoms with van der Waals surface area (Å²) in [6.45, 7) is 9.02. The molecule has 6 heteroatoms. The number of hydrogen-bond donors (Lipinski definition) is 0. The molecule has 0 aromatic carbocycles. The number of unbranched alkanes of at least 4 members (excludes halogenated alkanes) is 39. The molecule has 0 rings (SSSR count). The first-order chi connectivity index (χ1) is 30.9. The van der Waals surface area contributed by atoms with Crippen LogP contribution in [0.2, 0.25) is 0 Å². The van der Waals surface area contributed by atoms with Crippen molar-refractivity contribution in [3.8, 4) is 0 Å². The van der Waals surface area contributed by atoms with E-state index in [-0.39, 0.29) is 31.1 Å². The van der Waals surface area contributed by atoms with Crippen LogP contribution in [0.5, 0.6) is 0 Å². The summed E-state index contributed by atoms with van der Waals surface area (Å²) in [5.41, 5.74) is 0. The SMILES string of the molecule is CCCCCCCCCCCCCCCCCCCCC(=O)OC[C@@H](COC(=O)CCCCCCCCCCCCCCCCCC)OC(=O)CCCCCCCCCCC(C)C. The monoisotopic (exact) mass is 891 g/mol. The van der Waals surface area contributed by atoms with Gasteiger partial charge in [-0.2, -0.15) is 0 Å². The Bertz CT molecular complexity index is 949. The van der Waals surface area contributed by atoms with Gasteiger partial charge < -0.3 is 14.2 Å². The molecule has 0 N–H and O–H groups in total. The predicted octanol–water partition coefficient (Wildman–Crippen LogP) is 18.6. The summed E-state index contributed by atoms with van der Waals surface area (Å²) in [4.78, 5) is 38.1. The van der Waals surface area contributed by atoms with Crippen LogP contribution < -0.4 is 0 Å². The van der Waals surface area contributed by atoms with Gasteiger partial charge in [-0.15, -0.1) is 0 Å². The largest absolute Gasteiger partial charge is 0.462 e. The number of esters is 3. The van der Waals surface area contributed by atoms with Crippen molar-refractivity contribution in [2.45, 2.75) is 329 Å². The lowest BCUT2D eigenvalue weighted by Crippen LogP contribution is -2.30. The van der Waals surface area contributed by atoms with Crippen molar-refractivity contribution in [1.29, 1.82) is 0 Å². The maximum Gasteiger partial charge on any atom is 0.306 e. The third-order valence-corrected chi connectivity index (χ3v) is 13.0. The van der Waals surface area contributed by atoms with Gasteiger partial charge in [0.15, 0.2) is 6.10 Å². The molecule has 0 unspecified atom stereocenters. The van der Waals surface area contributed by atoms with Gasteiger partial charge in [-0.1, -0.05) is 285 Å². The Morgan fingerprint density at radius 3 is 0.778 bits per heavy atom. The Kier molecular flexibility index (Phi) is 50.1. The second-order valence-corrected chi connectivity index (χ2v) is 20.1. The molecular formula is C57H110O6. The predicted molar refractivity (Wildman–Crippen MR) is 270 cm³/mol. The van der Waals surface area contributed by atoms with Crippen molar-refractivity contribution in [1.82, 2.24) is 0 Å². The van der Waals surface area contributed by atoms with E-state index in [4.69, 9.17) is 14.2 Å². The summed E-state index contributed by atoms with van der Waals surface area (Å²) in [6.07, 6.45) is 55.3. The van der Waals surface area contributed by atoms with Crippen LogP contribution in [0.3, 0.4) is 0 Å². The highest BCUT2D eigenvalue weighted by Crippen LogP contribution is 2.18. The highest BCUT2D eigenvalue weighted by atomic mass is 16.6. The Labute approximate surface area is 393 Å². The van der Waals surface area contributed by atoms with Gasteiger partial charge in [0.05, 0.1) is 0 Å². The highest BCUT2D eigenvalue weighted by molar-refractivity contribution is 5.71. The molecule has 1 atom stereocenters. The molecule has 0 aromatic heterocycles. The molecule has 0 saturated carbocycles. The topological polar surface area (TPSA) is 78.9 Å². The van der Waals surface area contributed by atoms with E-state index in [1.54, 1.807) is 0 Å². The Balaban J connectivity index is 4.24. The third kappa shape index (κ3) is 51.3. The van der Waals surface area contributed by atoms with Crippen molar-refractivity contribution in [2.24, 2.45) is 5.92 Å². The van der Waals surface area contributed by atoms with E-state index in [0.717, 1.165) is 63.7 Å². The molecule has 0 aliphatic carbocycles. The average Bonchev–Trinajstić information content (AvgIpc) is 3.27. The second kappa shape index (κ2) is 51.4. The number of rotatable bonds is 52. The van der Waals surface area contributed by atoms with E-state index in [9.17, 15) is 14.4 Å². The standard InChI is InChI=1S/C57H110O6/c1-5-7-9-11-13-15-17-19-21-23-24-26-28-30-32-37-41-45-49-56(59)62-52-54(63-57(60)50-46-42-38-34-33-35-39-43-47-53(3)4)51-61-55(58)48-44-40-36-31-29-27-25-22-20-18-16-14-12-10-8-6-2/h53-54H,5-52H2,1-4H3/t54-/m1/s1. The molecular weight excluding hydrogens is 781 g/mol. The van der Waals surface area contributed by atoms with E-state index >= 15 is 0 Å². The number of carbonyl (C=O) groups excluding carboxylic acids is 3. The van der Waals surface area contributed by atoms with E-state index in [1.807, 2.05) is 0 Å². The van der Waals surface area contributed by atoms with Crippen molar-refractivity contribution in [3.05, 3.63) is 0 Å². The molecule has 0 aliphatic heterocycles. The maximum atomic E-state index is 12.8. The molecule has 0 bridgehead atoms. The lowest BCUT2D eigenvalue weighted by molar-refractivity contribution is -0.167. The summed E-state index contributed by atoms with van der Waals surface area (Å²) in [6, 6.07) is 0. The van der Waals surface area contributed by atoms with E-state index in [1.165, 1.54) is 218 Å². The average molecular weight is 892 g/mol. The maximum absolute atomic E-state index is 12.8. The summed E-state index contributed by atoms with van der Waals surface area (Å²) in [5, 5.41) is 0. The van der Waals surface area contributed by atoms with E-state index < -0.39 is 6.10 Å². The minimum Gasteiger partial charge on any atom is -0.462 e. The van der Waals surface area contributed by atoms with Crippen LogP contribution in [-0.4, -0.2) is 37.2 Å². The highest BCUT2D eigenvalue weighted by Gasteiger charge is 2.19. The van der Waals surface area contributed by atoms with Gasteiger partial charge >= 0.3 is 17.9 Å². The Morgan fingerprint density at radius 2 is 0.524 bits per heavy atom. The van der Waals surface area contributed by atoms with E-state index in [2.05, 4.69) is 27.7 Å². The molecule has 0 aliphatic rings.